The Balaban J connectivity index is 1.66. The van der Waals surface area contributed by atoms with Gasteiger partial charge >= 0.3 is 0 Å². The highest BCUT2D eigenvalue weighted by Crippen LogP contribution is 2.78. The second-order valence-electron chi connectivity index (χ2n) is 12.2. The fourth-order valence-corrected chi connectivity index (χ4v) is 9.95. The third kappa shape index (κ3) is 2.91. The molecule has 4 aliphatic carbocycles. The van der Waals surface area contributed by atoms with E-state index in [-0.39, 0.29) is 53.7 Å². The molecule has 1 unspecified atom stereocenters. The summed E-state index contributed by atoms with van der Waals surface area (Å²) in [5, 5.41) is 12.0. The van der Waals surface area contributed by atoms with E-state index in [1.165, 1.54) is 6.26 Å². The molecule has 1 aromatic heterocycles. The van der Waals surface area contributed by atoms with Gasteiger partial charge in [0.1, 0.15) is 0 Å². The number of halogens is 2. The molecule has 0 saturated heterocycles. The Labute approximate surface area is 222 Å². The summed E-state index contributed by atoms with van der Waals surface area (Å²) >= 11 is 13.9. The van der Waals surface area contributed by atoms with E-state index in [1.54, 1.807) is 24.3 Å². The van der Waals surface area contributed by atoms with Gasteiger partial charge in [0.15, 0.2) is 23.1 Å². The topological polar surface area (TPSA) is 84.6 Å². The number of carbonyl (C=O) groups excluding carboxylic acids is 3. The molecule has 7 heteroatoms. The molecule has 1 aromatic rings. The van der Waals surface area contributed by atoms with Crippen LogP contribution in [0, 0.1) is 33.5 Å². The lowest BCUT2D eigenvalue weighted by molar-refractivity contribution is -0.172. The second-order valence-corrected chi connectivity index (χ2v) is 13.0. The maximum absolute atomic E-state index is 13.8. The van der Waals surface area contributed by atoms with E-state index in [2.05, 4.69) is 13.8 Å². The summed E-state index contributed by atoms with van der Waals surface area (Å²) in [6, 6.07) is 3.28. The lowest BCUT2D eigenvalue weighted by atomic mass is 9.38. The van der Waals surface area contributed by atoms with Gasteiger partial charge in [0, 0.05) is 17.3 Å². The number of alkyl halides is 2. The molecular weight excluding hydrogens is 499 g/mol. The largest absolute Gasteiger partial charge is 0.461 e. The molecule has 5 nitrogen and oxygen atoms in total. The number of Topliss-reactive ketones (excluding diaryl/α,β-unsaturated/α-hetero) is 2. The van der Waals surface area contributed by atoms with Crippen LogP contribution in [0.25, 0.3) is 0 Å². The van der Waals surface area contributed by atoms with Crippen molar-refractivity contribution in [3.8, 4) is 0 Å². The fraction of sp³-hybridized carbons (Fsp3) is 0.621. The normalized spacial score (nSPS) is 45.5. The molecular formula is C29H34Cl2O5. The van der Waals surface area contributed by atoms with Gasteiger partial charge in [-0.15, -0.1) is 23.2 Å². The molecule has 8 atom stereocenters. The minimum Gasteiger partial charge on any atom is -0.461 e. The standard InChI is InChI=1S/C29H34Cl2O5/c1-17-12-22-26(3)9-7-18-13-19(32)8-10-25(18,2)29(26,31)23(34)15-27(22,4)28(17,24(35)16-30)14-20(33)21-6-5-11-36-21/h5-6,8,10-11,13,17,22-23,34H,7,9,12,14-16H2,1-4H3/t17-,22?,23+,25+,26+,27+,28-,29+/m1/s1. The van der Waals surface area contributed by atoms with Crippen LogP contribution in [0.1, 0.15) is 70.4 Å². The molecule has 194 valence electrons. The first kappa shape index (κ1) is 25.9. The SMILES string of the molecule is C[C@@H]1CC2[C@]3(C)CCC4=CC(=O)C=C[C@]4(C)[C@@]3(Cl)[C@@H](O)C[C@]2(C)[C@@]1(CC(=O)c1ccco1)C(=O)CCl. The van der Waals surface area contributed by atoms with Gasteiger partial charge in [-0.25, -0.2) is 0 Å². The monoisotopic (exact) mass is 532 g/mol. The molecule has 0 amide bonds. The minimum absolute atomic E-state index is 0.0187. The first-order valence-electron chi connectivity index (χ1n) is 12.8. The Morgan fingerprint density at radius 1 is 1.22 bits per heavy atom. The predicted octanol–water partition coefficient (Wildman–Crippen LogP) is 5.92. The maximum atomic E-state index is 13.8. The number of allylic oxidation sites excluding steroid dienone is 4. The number of rotatable bonds is 5. The molecule has 3 fully saturated rings. The van der Waals surface area contributed by atoms with Crippen molar-refractivity contribution in [2.24, 2.45) is 33.5 Å². The number of aliphatic hydroxyl groups is 1. The zero-order chi connectivity index (χ0) is 26.3. The van der Waals surface area contributed by atoms with E-state index in [9.17, 15) is 19.5 Å². The summed E-state index contributed by atoms with van der Waals surface area (Å²) < 4.78 is 5.39. The molecule has 36 heavy (non-hydrogen) atoms. The lowest BCUT2D eigenvalue weighted by Crippen LogP contribution is -2.72. The number of furan rings is 1. The van der Waals surface area contributed by atoms with Crippen molar-refractivity contribution in [3.63, 3.8) is 0 Å². The number of hydrogen-bond donors (Lipinski definition) is 1. The third-order valence-electron chi connectivity index (χ3n) is 11.0. The quantitative estimate of drug-likeness (QED) is 0.375. The van der Waals surface area contributed by atoms with Crippen LogP contribution in [0.2, 0.25) is 0 Å². The molecule has 4 aliphatic rings. The van der Waals surface area contributed by atoms with Crippen LogP contribution < -0.4 is 0 Å². The van der Waals surface area contributed by atoms with Crippen LogP contribution in [0.5, 0.6) is 0 Å². The molecule has 1 N–H and O–H groups in total. The molecule has 0 radical (unpaired) electrons. The number of aliphatic hydroxyl groups excluding tert-OH is 1. The van der Waals surface area contributed by atoms with Crippen LogP contribution in [0.15, 0.2) is 46.6 Å². The summed E-state index contributed by atoms with van der Waals surface area (Å²) in [6.07, 6.45) is 7.89. The Morgan fingerprint density at radius 2 is 1.94 bits per heavy atom. The highest BCUT2D eigenvalue weighted by atomic mass is 35.5. The molecule has 1 heterocycles. The van der Waals surface area contributed by atoms with E-state index in [0.29, 0.717) is 19.3 Å². The highest BCUT2D eigenvalue weighted by molar-refractivity contribution is 6.29. The van der Waals surface area contributed by atoms with Gasteiger partial charge in [0.2, 0.25) is 0 Å². The summed E-state index contributed by atoms with van der Waals surface area (Å²) in [4.78, 5) is 38.3. The minimum atomic E-state index is -1.07. The predicted molar refractivity (Wildman–Crippen MR) is 138 cm³/mol. The molecule has 0 aliphatic heterocycles. The van der Waals surface area contributed by atoms with Gasteiger partial charge in [0.25, 0.3) is 0 Å². The lowest BCUT2D eigenvalue weighted by Gasteiger charge is -2.69. The number of ketones is 3. The van der Waals surface area contributed by atoms with E-state index < -0.39 is 32.6 Å². The van der Waals surface area contributed by atoms with Gasteiger partial charge in [-0.3, -0.25) is 14.4 Å². The molecule has 0 spiro atoms. The zero-order valence-electron chi connectivity index (χ0n) is 21.3. The first-order chi connectivity index (χ1) is 16.8. The van der Waals surface area contributed by atoms with Crippen LogP contribution in [-0.4, -0.2) is 39.3 Å². The Hall–Kier alpha value is -1.69. The molecule has 0 bridgehead atoms. The van der Waals surface area contributed by atoms with Crippen molar-refractivity contribution in [2.45, 2.75) is 70.8 Å². The Kier molecular flexibility index (Phi) is 5.87. The summed E-state index contributed by atoms with van der Waals surface area (Å²) in [5.74, 6) is -0.613. The van der Waals surface area contributed by atoms with Crippen molar-refractivity contribution >= 4 is 40.6 Å². The van der Waals surface area contributed by atoms with Crippen molar-refractivity contribution in [1.29, 1.82) is 0 Å². The van der Waals surface area contributed by atoms with Gasteiger partial charge in [-0.2, -0.15) is 0 Å². The highest BCUT2D eigenvalue weighted by Gasteiger charge is 2.78. The van der Waals surface area contributed by atoms with Gasteiger partial charge in [-0.05, 0) is 72.6 Å². The summed E-state index contributed by atoms with van der Waals surface area (Å²) in [7, 11) is 0. The van der Waals surface area contributed by atoms with Crippen molar-refractivity contribution in [2.75, 3.05) is 5.88 Å². The molecule has 5 rings (SSSR count). The van der Waals surface area contributed by atoms with Crippen LogP contribution in [-0.2, 0) is 9.59 Å². The number of carbonyl (C=O) groups is 3. The Morgan fingerprint density at radius 3 is 2.58 bits per heavy atom. The number of hydrogen-bond acceptors (Lipinski definition) is 5. The zero-order valence-corrected chi connectivity index (χ0v) is 22.8. The van der Waals surface area contributed by atoms with Crippen LogP contribution in [0.3, 0.4) is 0 Å². The smallest absolute Gasteiger partial charge is 0.199 e. The van der Waals surface area contributed by atoms with E-state index in [4.69, 9.17) is 27.6 Å². The van der Waals surface area contributed by atoms with E-state index in [1.807, 2.05) is 19.9 Å². The van der Waals surface area contributed by atoms with Gasteiger partial charge in [-0.1, -0.05) is 39.3 Å². The van der Waals surface area contributed by atoms with Gasteiger partial charge in [0.05, 0.1) is 23.1 Å². The average Bonchev–Trinajstić information content (AvgIpc) is 3.44. The number of fused-ring (bicyclic) bond motifs is 5. The van der Waals surface area contributed by atoms with E-state index >= 15 is 0 Å². The average molecular weight is 533 g/mol. The second kappa shape index (κ2) is 8.15. The van der Waals surface area contributed by atoms with Crippen molar-refractivity contribution in [1.82, 2.24) is 0 Å². The van der Waals surface area contributed by atoms with Crippen molar-refractivity contribution in [3.05, 3.63) is 48.0 Å². The third-order valence-corrected chi connectivity index (χ3v) is 12.3. The summed E-state index contributed by atoms with van der Waals surface area (Å²) in [5.41, 5.74) is -2.08. The van der Waals surface area contributed by atoms with Gasteiger partial charge < -0.3 is 9.52 Å². The van der Waals surface area contributed by atoms with Crippen molar-refractivity contribution < 1.29 is 23.9 Å². The molecule has 3 saturated carbocycles. The summed E-state index contributed by atoms with van der Waals surface area (Å²) in [6.45, 7) is 8.25. The van der Waals surface area contributed by atoms with Crippen LogP contribution in [0.4, 0.5) is 0 Å². The Bertz CT molecular complexity index is 1190. The maximum Gasteiger partial charge on any atom is 0.199 e. The fourth-order valence-electron chi connectivity index (χ4n) is 9.22. The first-order valence-corrected chi connectivity index (χ1v) is 13.7. The van der Waals surface area contributed by atoms with Crippen LogP contribution >= 0.6 is 23.2 Å². The van der Waals surface area contributed by atoms with E-state index in [0.717, 1.165) is 5.57 Å². The molecule has 0 aromatic carbocycles.